The molecule has 2 aromatic heterocycles. The molecule has 8 heteroatoms. The largest absolute Gasteiger partial charge is 0.467 e. The summed E-state index contributed by atoms with van der Waals surface area (Å²) in [6.07, 6.45) is 1.49. The molecular formula is C25H27FN2O5. The SMILES string of the molecule is CCOC(=O)c1c(C)c(C(=O)CN(Cc2ccco2)C(=O)c2ccc(F)cc2)c(C)n1CC. The van der Waals surface area contributed by atoms with Gasteiger partial charge in [0.05, 0.1) is 26.0 Å². The third-order valence-corrected chi connectivity index (χ3v) is 5.47. The summed E-state index contributed by atoms with van der Waals surface area (Å²) >= 11 is 0. The lowest BCUT2D eigenvalue weighted by Crippen LogP contribution is -2.35. The predicted octanol–water partition coefficient (Wildman–Crippen LogP) is 4.56. The molecule has 0 radical (unpaired) electrons. The summed E-state index contributed by atoms with van der Waals surface area (Å²) in [4.78, 5) is 40.5. The zero-order chi connectivity index (χ0) is 24.1. The number of furan rings is 1. The predicted molar refractivity (Wildman–Crippen MR) is 120 cm³/mol. The summed E-state index contributed by atoms with van der Waals surface area (Å²) in [5, 5.41) is 0. The fourth-order valence-electron chi connectivity index (χ4n) is 3.98. The van der Waals surface area contributed by atoms with Crippen molar-refractivity contribution in [2.24, 2.45) is 0 Å². The normalized spacial score (nSPS) is 10.8. The van der Waals surface area contributed by atoms with Crippen molar-refractivity contribution in [3.05, 3.63) is 82.3 Å². The zero-order valence-corrected chi connectivity index (χ0v) is 19.2. The van der Waals surface area contributed by atoms with Gasteiger partial charge in [0.25, 0.3) is 5.91 Å². The van der Waals surface area contributed by atoms with Crippen molar-refractivity contribution in [2.75, 3.05) is 13.2 Å². The van der Waals surface area contributed by atoms with Crippen LogP contribution in [-0.4, -0.2) is 40.3 Å². The molecule has 3 rings (SSSR count). The summed E-state index contributed by atoms with van der Waals surface area (Å²) in [6.45, 7) is 7.60. The molecule has 33 heavy (non-hydrogen) atoms. The van der Waals surface area contributed by atoms with E-state index in [1.807, 2.05) is 6.92 Å². The molecule has 0 aliphatic rings. The molecule has 7 nitrogen and oxygen atoms in total. The Morgan fingerprint density at radius 2 is 1.79 bits per heavy atom. The smallest absolute Gasteiger partial charge is 0.355 e. The van der Waals surface area contributed by atoms with Gasteiger partial charge < -0.3 is 18.6 Å². The molecule has 174 valence electrons. The molecule has 1 amide bonds. The molecule has 3 aromatic rings. The van der Waals surface area contributed by atoms with Crippen molar-refractivity contribution < 1.29 is 27.9 Å². The number of rotatable bonds is 9. The fourth-order valence-corrected chi connectivity index (χ4v) is 3.98. The van der Waals surface area contributed by atoms with Gasteiger partial charge in [-0.1, -0.05) is 0 Å². The second-order valence-electron chi connectivity index (χ2n) is 7.57. The average molecular weight is 454 g/mol. The average Bonchev–Trinajstić information content (AvgIpc) is 3.38. The minimum Gasteiger partial charge on any atom is -0.467 e. The Kier molecular flexibility index (Phi) is 7.48. The number of hydrogen-bond donors (Lipinski definition) is 0. The van der Waals surface area contributed by atoms with Crippen LogP contribution >= 0.6 is 0 Å². The van der Waals surface area contributed by atoms with E-state index in [4.69, 9.17) is 9.15 Å². The van der Waals surface area contributed by atoms with Gasteiger partial charge in [0, 0.05) is 23.4 Å². The van der Waals surface area contributed by atoms with Crippen LogP contribution in [0.15, 0.2) is 47.1 Å². The lowest BCUT2D eigenvalue weighted by atomic mass is 10.0. The Hall–Kier alpha value is -3.68. The zero-order valence-electron chi connectivity index (χ0n) is 19.2. The first-order chi connectivity index (χ1) is 15.8. The van der Waals surface area contributed by atoms with Gasteiger partial charge in [0.15, 0.2) is 5.78 Å². The fraction of sp³-hybridized carbons (Fsp3) is 0.320. The number of ether oxygens (including phenoxy) is 1. The molecule has 0 saturated carbocycles. The minimum absolute atomic E-state index is 0.0618. The molecular weight excluding hydrogens is 427 g/mol. The van der Waals surface area contributed by atoms with Crippen LogP contribution in [0.1, 0.15) is 62.1 Å². The van der Waals surface area contributed by atoms with Crippen molar-refractivity contribution in [1.29, 1.82) is 0 Å². The van der Waals surface area contributed by atoms with Crippen LogP contribution in [0.4, 0.5) is 4.39 Å². The lowest BCUT2D eigenvalue weighted by Gasteiger charge is -2.21. The number of carbonyl (C=O) groups excluding carboxylic acids is 3. The van der Waals surface area contributed by atoms with Crippen LogP contribution in [0.3, 0.4) is 0 Å². The van der Waals surface area contributed by atoms with E-state index in [1.165, 1.54) is 35.4 Å². The summed E-state index contributed by atoms with van der Waals surface area (Å²) in [7, 11) is 0. The van der Waals surface area contributed by atoms with E-state index in [2.05, 4.69) is 0 Å². The molecule has 2 heterocycles. The van der Waals surface area contributed by atoms with Crippen LogP contribution < -0.4 is 0 Å². The number of esters is 1. The number of benzene rings is 1. The van der Waals surface area contributed by atoms with E-state index in [0.717, 1.165) is 0 Å². The van der Waals surface area contributed by atoms with Crippen LogP contribution in [0.25, 0.3) is 0 Å². The first-order valence-electron chi connectivity index (χ1n) is 10.8. The third-order valence-electron chi connectivity index (χ3n) is 5.47. The highest BCUT2D eigenvalue weighted by molar-refractivity contribution is 6.06. The number of ketones is 1. The Morgan fingerprint density at radius 3 is 2.36 bits per heavy atom. The standard InChI is InChI=1S/C25H27FN2O5/c1-5-28-17(4)22(16(3)23(28)25(31)32-6-2)21(29)15-27(14-20-8-7-13-33-20)24(30)18-9-11-19(26)12-10-18/h7-13H,5-6,14-15H2,1-4H3. The van der Waals surface area contributed by atoms with Gasteiger partial charge in [-0.3, -0.25) is 9.59 Å². The number of nitrogens with zero attached hydrogens (tertiary/aromatic N) is 2. The Labute approximate surface area is 191 Å². The molecule has 0 atom stereocenters. The molecule has 0 aliphatic carbocycles. The van der Waals surface area contributed by atoms with Crippen molar-refractivity contribution in [3.8, 4) is 0 Å². The van der Waals surface area contributed by atoms with Crippen molar-refractivity contribution >= 4 is 17.7 Å². The quantitative estimate of drug-likeness (QED) is 0.350. The van der Waals surface area contributed by atoms with Crippen LogP contribution in [-0.2, 0) is 17.8 Å². The lowest BCUT2D eigenvalue weighted by molar-refractivity contribution is 0.0512. The number of hydrogen-bond acceptors (Lipinski definition) is 5. The molecule has 0 saturated heterocycles. The summed E-state index contributed by atoms with van der Waals surface area (Å²) in [5.74, 6) is -1.20. The van der Waals surface area contributed by atoms with Gasteiger partial charge in [-0.2, -0.15) is 0 Å². The van der Waals surface area contributed by atoms with Crippen molar-refractivity contribution in [2.45, 2.75) is 40.8 Å². The topological polar surface area (TPSA) is 81.8 Å². The van der Waals surface area contributed by atoms with Gasteiger partial charge in [-0.25, -0.2) is 9.18 Å². The second-order valence-corrected chi connectivity index (χ2v) is 7.57. The molecule has 0 spiro atoms. The molecule has 0 N–H and O–H groups in total. The molecule has 1 aromatic carbocycles. The first-order valence-corrected chi connectivity index (χ1v) is 10.8. The van der Waals surface area contributed by atoms with Gasteiger partial charge in [-0.05, 0) is 69.7 Å². The maximum absolute atomic E-state index is 13.4. The number of halogens is 1. The highest BCUT2D eigenvalue weighted by Crippen LogP contribution is 2.25. The van der Waals surface area contributed by atoms with E-state index in [-0.39, 0.29) is 31.0 Å². The maximum atomic E-state index is 13.4. The van der Waals surface area contributed by atoms with Crippen LogP contribution in [0.2, 0.25) is 0 Å². The number of amides is 1. The monoisotopic (exact) mass is 454 g/mol. The molecule has 0 unspecified atom stereocenters. The highest BCUT2D eigenvalue weighted by Gasteiger charge is 2.29. The second kappa shape index (κ2) is 10.3. The van der Waals surface area contributed by atoms with Crippen LogP contribution in [0, 0.1) is 19.7 Å². The van der Waals surface area contributed by atoms with E-state index in [0.29, 0.717) is 34.8 Å². The van der Waals surface area contributed by atoms with Gasteiger partial charge in [-0.15, -0.1) is 0 Å². The van der Waals surface area contributed by atoms with Gasteiger partial charge in [0.1, 0.15) is 17.3 Å². The Balaban J connectivity index is 1.96. The number of carbonyl (C=O) groups is 3. The minimum atomic E-state index is -0.492. The molecule has 0 fully saturated rings. The van der Waals surface area contributed by atoms with Gasteiger partial charge >= 0.3 is 5.97 Å². The molecule has 0 bridgehead atoms. The van der Waals surface area contributed by atoms with E-state index in [9.17, 15) is 18.8 Å². The molecule has 0 aliphatic heterocycles. The van der Waals surface area contributed by atoms with E-state index in [1.54, 1.807) is 37.5 Å². The summed E-state index contributed by atoms with van der Waals surface area (Å²) < 4.78 is 25.6. The summed E-state index contributed by atoms with van der Waals surface area (Å²) in [5.41, 5.74) is 2.13. The van der Waals surface area contributed by atoms with Gasteiger partial charge in [0.2, 0.25) is 0 Å². The number of aromatic nitrogens is 1. The van der Waals surface area contributed by atoms with Crippen LogP contribution in [0.5, 0.6) is 0 Å². The first kappa shape index (κ1) is 24.0. The van der Waals surface area contributed by atoms with E-state index < -0.39 is 17.7 Å². The summed E-state index contributed by atoms with van der Waals surface area (Å²) in [6, 6.07) is 8.54. The third kappa shape index (κ3) is 5.05. The van der Waals surface area contributed by atoms with Crippen molar-refractivity contribution in [3.63, 3.8) is 0 Å². The van der Waals surface area contributed by atoms with Crippen molar-refractivity contribution in [1.82, 2.24) is 9.47 Å². The Bertz CT molecular complexity index is 1150. The highest BCUT2D eigenvalue weighted by atomic mass is 19.1. The van der Waals surface area contributed by atoms with E-state index >= 15 is 0 Å². The Morgan fingerprint density at radius 1 is 1.09 bits per heavy atom. The number of Topliss-reactive ketones (excluding diaryl/α,β-unsaturated/α-hetero) is 1. The maximum Gasteiger partial charge on any atom is 0.355 e.